The molecular weight excluding hydrogens is 138 g/mol. The number of hydrogen-bond acceptors (Lipinski definition) is 3. The second-order valence-electron chi connectivity index (χ2n) is 1.84. The van der Waals surface area contributed by atoms with Gasteiger partial charge in [0.15, 0.2) is 0 Å². The Morgan fingerprint density at radius 3 is 2.50 bits per heavy atom. The van der Waals surface area contributed by atoms with Crippen molar-refractivity contribution in [3.63, 3.8) is 0 Å². The lowest BCUT2D eigenvalue weighted by Gasteiger charge is -2.06. The first-order valence-corrected chi connectivity index (χ1v) is 4.09. The first-order valence-electron chi connectivity index (χ1n) is 2.79. The lowest BCUT2D eigenvalue weighted by atomic mass is 10.4. The summed E-state index contributed by atoms with van der Waals surface area (Å²) in [6, 6.07) is 0. The molecular formula is C5H9NS2. The van der Waals surface area contributed by atoms with Gasteiger partial charge >= 0.3 is 0 Å². The molecule has 0 bridgehead atoms. The maximum atomic E-state index is 4.68. The van der Waals surface area contributed by atoms with Crippen LogP contribution in [0.15, 0.2) is 0 Å². The number of hydrogen-bond donors (Lipinski definition) is 0. The van der Waals surface area contributed by atoms with Crippen LogP contribution in [0, 0.1) is 0 Å². The van der Waals surface area contributed by atoms with E-state index in [-0.39, 0.29) is 0 Å². The summed E-state index contributed by atoms with van der Waals surface area (Å²) < 4.78 is 4.03. The summed E-state index contributed by atoms with van der Waals surface area (Å²) in [7, 11) is 0. The molecule has 0 amide bonds. The van der Waals surface area contributed by atoms with E-state index in [1.54, 1.807) is 16.6 Å². The van der Waals surface area contributed by atoms with Crippen LogP contribution in [0.2, 0.25) is 0 Å². The van der Waals surface area contributed by atoms with E-state index in [0.29, 0.717) is 0 Å². The molecule has 0 N–H and O–H groups in total. The standard InChI is InChI=1S/C5H9NS2/c7-5-8-6-3-1-2-4-6/h5H,1-4H2. The van der Waals surface area contributed by atoms with E-state index >= 15 is 0 Å². The predicted octanol–water partition coefficient (Wildman–Crippen LogP) is 1.69. The highest BCUT2D eigenvalue weighted by Gasteiger charge is 2.09. The molecule has 46 valence electrons. The molecule has 1 saturated heterocycles. The van der Waals surface area contributed by atoms with E-state index in [1.807, 2.05) is 0 Å². The predicted molar refractivity (Wildman–Crippen MR) is 42.1 cm³/mol. The van der Waals surface area contributed by atoms with Gasteiger partial charge in [0, 0.05) is 17.8 Å². The van der Waals surface area contributed by atoms with Gasteiger partial charge in [-0.2, -0.15) is 0 Å². The minimum Gasteiger partial charge on any atom is -0.246 e. The average molecular weight is 147 g/mol. The van der Waals surface area contributed by atoms with Crippen LogP contribution in [0.3, 0.4) is 0 Å². The molecule has 0 saturated carbocycles. The topological polar surface area (TPSA) is 3.24 Å². The van der Waals surface area contributed by atoms with Crippen molar-refractivity contribution in [1.29, 1.82) is 0 Å². The van der Waals surface area contributed by atoms with Crippen molar-refractivity contribution in [3.8, 4) is 0 Å². The fourth-order valence-electron chi connectivity index (χ4n) is 0.854. The summed E-state index contributed by atoms with van der Waals surface area (Å²) in [5, 5.41) is 0. The molecule has 0 radical (unpaired) electrons. The van der Waals surface area contributed by atoms with Gasteiger partial charge in [-0.25, -0.2) is 4.31 Å². The molecule has 0 aromatic heterocycles. The van der Waals surface area contributed by atoms with Crippen LogP contribution < -0.4 is 0 Å². The van der Waals surface area contributed by atoms with Crippen molar-refractivity contribution >= 4 is 28.9 Å². The van der Waals surface area contributed by atoms with Gasteiger partial charge in [-0.3, -0.25) is 0 Å². The minimum atomic E-state index is 1.22. The molecule has 0 unspecified atom stereocenters. The summed E-state index contributed by atoms with van der Waals surface area (Å²) in [6.45, 7) is 2.44. The third-order valence-corrected chi connectivity index (χ3v) is 2.26. The number of rotatable bonds is 2. The van der Waals surface area contributed by atoms with Gasteiger partial charge in [-0.1, -0.05) is 12.2 Å². The minimum absolute atomic E-state index is 1.22. The lowest BCUT2D eigenvalue weighted by Crippen LogP contribution is -2.07. The Bertz CT molecular complexity index is 78.5. The SMILES string of the molecule is S=CSN1CCCC1. The van der Waals surface area contributed by atoms with Crippen molar-refractivity contribution in [2.45, 2.75) is 12.8 Å². The Labute approximate surface area is 59.6 Å². The van der Waals surface area contributed by atoms with Crippen molar-refractivity contribution in [2.75, 3.05) is 13.1 Å². The molecule has 0 atom stereocenters. The van der Waals surface area contributed by atoms with Crippen molar-refractivity contribution in [2.24, 2.45) is 0 Å². The fraction of sp³-hybridized carbons (Fsp3) is 0.800. The smallest absolute Gasteiger partial charge is 0.0499 e. The quantitative estimate of drug-likeness (QED) is 0.432. The van der Waals surface area contributed by atoms with Gasteiger partial charge < -0.3 is 0 Å². The Balaban J connectivity index is 2.14. The summed E-state index contributed by atoms with van der Waals surface area (Å²) >= 11 is 6.35. The molecule has 0 aromatic rings. The molecule has 1 heterocycles. The normalized spacial score (nSPS) is 21.5. The van der Waals surface area contributed by atoms with Crippen LogP contribution >= 0.6 is 24.2 Å². The lowest BCUT2D eigenvalue weighted by molar-refractivity contribution is 0.592. The Morgan fingerprint density at radius 1 is 1.38 bits per heavy atom. The maximum absolute atomic E-state index is 4.68. The average Bonchev–Trinajstić information content (AvgIpc) is 2.19. The van der Waals surface area contributed by atoms with Gasteiger partial charge in [-0.15, -0.1) is 0 Å². The van der Waals surface area contributed by atoms with Crippen LogP contribution in [0.5, 0.6) is 0 Å². The Kier molecular flexibility index (Phi) is 2.80. The maximum Gasteiger partial charge on any atom is 0.0499 e. The van der Waals surface area contributed by atoms with Gasteiger partial charge in [0.25, 0.3) is 0 Å². The van der Waals surface area contributed by atoms with Crippen molar-refractivity contribution in [3.05, 3.63) is 0 Å². The molecule has 0 spiro atoms. The Hall–Kier alpha value is 0.400. The molecule has 0 aliphatic carbocycles. The molecule has 0 aromatic carbocycles. The monoisotopic (exact) mass is 147 g/mol. The van der Waals surface area contributed by atoms with Crippen LogP contribution in [0.4, 0.5) is 0 Å². The number of thiocarbonyl (C=S) groups is 1. The molecule has 1 aliphatic heterocycles. The van der Waals surface area contributed by atoms with E-state index in [1.165, 1.54) is 25.9 Å². The summed E-state index contributed by atoms with van der Waals surface area (Å²) in [6.07, 6.45) is 2.69. The summed E-state index contributed by atoms with van der Waals surface area (Å²) in [5.41, 5.74) is 0. The largest absolute Gasteiger partial charge is 0.246 e. The van der Waals surface area contributed by atoms with Gasteiger partial charge in [0.2, 0.25) is 0 Å². The van der Waals surface area contributed by atoms with E-state index in [0.717, 1.165) is 0 Å². The second-order valence-corrected chi connectivity index (χ2v) is 3.33. The molecule has 1 fully saturated rings. The zero-order valence-corrected chi connectivity index (χ0v) is 6.30. The highest BCUT2D eigenvalue weighted by molar-refractivity contribution is 8.19. The summed E-state index contributed by atoms with van der Waals surface area (Å²) in [4.78, 5) is 0. The van der Waals surface area contributed by atoms with E-state index in [9.17, 15) is 0 Å². The molecule has 8 heavy (non-hydrogen) atoms. The van der Waals surface area contributed by atoms with E-state index in [2.05, 4.69) is 16.5 Å². The third kappa shape index (κ3) is 1.73. The van der Waals surface area contributed by atoms with Crippen LogP contribution in [0.1, 0.15) is 12.8 Å². The van der Waals surface area contributed by atoms with Crippen LogP contribution in [0.25, 0.3) is 0 Å². The van der Waals surface area contributed by atoms with Crippen LogP contribution in [-0.2, 0) is 0 Å². The molecule has 1 rings (SSSR count). The van der Waals surface area contributed by atoms with Gasteiger partial charge in [0.05, 0.1) is 0 Å². The molecule has 1 nitrogen and oxygen atoms in total. The van der Waals surface area contributed by atoms with Gasteiger partial charge in [-0.05, 0) is 24.8 Å². The van der Waals surface area contributed by atoms with E-state index < -0.39 is 0 Å². The zero-order valence-electron chi connectivity index (χ0n) is 4.67. The van der Waals surface area contributed by atoms with Crippen LogP contribution in [-0.4, -0.2) is 22.1 Å². The fourth-order valence-corrected chi connectivity index (χ4v) is 1.81. The third-order valence-electron chi connectivity index (χ3n) is 1.26. The second kappa shape index (κ2) is 3.43. The zero-order chi connectivity index (χ0) is 5.82. The van der Waals surface area contributed by atoms with Gasteiger partial charge in [0.1, 0.15) is 0 Å². The summed E-state index contributed by atoms with van der Waals surface area (Å²) in [5.74, 6) is 0. The Morgan fingerprint density at radius 2 is 2.00 bits per heavy atom. The highest BCUT2D eigenvalue weighted by atomic mass is 32.2. The first kappa shape index (κ1) is 6.52. The molecule has 1 aliphatic rings. The van der Waals surface area contributed by atoms with Crippen molar-refractivity contribution in [1.82, 2.24) is 4.31 Å². The first-order chi connectivity index (χ1) is 3.93. The highest BCUT2D eigenvalue weighted by Crippen LogP contribution is 2.15. The van der Waals surface area contributed by atoms with Crippen molar-refractivity contribution < 1.29 is 0 Å². The molecule has 3 heteroatoms. The number of nitrogens with zero attached hydrogens (tertiary/aromatic N) is 1. The van der Waals surface area contributed by atoms with E-state index in [4.69, 9.17) is 0 Å².